The van der Waals surface area contributed by atoms with Gasteiger partial charge in [0.25, 0.3) is 0 Å². The highest BCUT2D eigenvalue weighted by molar-refractivity contribution is 5.70. The zero-order valence-corrected chi connectivity index (χ0v) is 11.5. The molecule has 1 aliphatic rings. The van der Waals surface area contributed by atoms with E-state index in [2.05, 4.69) is 12.2 Å². The van der Waals surface area contributed by atoms with E-state index in [1.807, 2.05) is 12.1 Å². The minimum absolute atomic E-state index is 0.177. The van der Waals surface area contributed by atoms with Crippen LogP contribution in [0.15, 0.2) is 16.5 Å². The number of hydrogen-bond donors (Lipinski definition) is 2. The summed E-state index contributed by atoms with van der Waals surface area (Å²) in [5.74, 6) is 1.37. The molecule has 0 radical (unpaired) electrons. The van der Waals surface area contributed by atoms with Gasteiger partial charge in [0.1, 0.15) is 11.5 Å². The van der Waals surface area contributed by atoms with Gasteiger partial charge in [-0.1, -0.05) is 19.8 Å². The first kappa shape index (κ1) is 14.1. The number of aryl methyl sites for hydroxylation is 1. The third-order valence-corrected chi connectivity index (χ3v) is 4.00. The van der Waals surface area contributed by atoms with E-state index >= 15 is 0 Å². The van der Waals surface area contributed by atoms with E-state index in [4.69, 9.17) is 4.42 Å². The molecule has 1 aromatic heterocycles. The average molecular weight is 265 g/mol. The highest BCUT2D eigenvalue weighted by atomic mass is 16.4. The zero-order chi connectivity index (χ0) is 13.7. The first-order valence-corrected chi connectivity index (χ1v) is 7.21. The Labute approximate surface area is 114 Å². The molecule has 19 heavy (non-hydrogen) atoms. The molecule has 0 saturated heterocycles. The second-order valence-electron chi connectivity index (χ2n) is 5.34. The molecule has 0 bridgehead atoms. The Bertz CT molecular complexity index is 413. The predicted molar refractivity (Wildman–Crippen MR) is 72.9 cm³/mol. The molecule has 0 spiro atoms. The number of rotatable bonds is 6. The van der Waals surface area contributed by atoms with Crippen LogP contribution in [0.5, 0.6) is 0 Å². The molecule has 106 valence electrons. The molecule has 2 unspecified atom stereocenters. The van der Waals surface area contributed by atoms with Gasteiger partial charge in [0.2, 0.25) is 0 Å². The van der Waals surface area contributed by atoms with Crippen LogP contribution < -0.4 is 5.32 Å². The van der Waals surface area contributed by atoms with Gasteiger partial charge in [-0.3, -0.25) is 4.79 Å². The maximum atomic E-state index is 11.2. The normalized spacial score (nSPS) is 23.4. The fourth-order valence-corrected chi connectivity index (χ4v) is 2.87. The number of carbonyl (C=O) groups is 1. The van der Waals surface area contributed by atoms with Crippen LogP contribution in [0.4, 0.5) is 0 Å². The fraction of sp³-hybridized carbons (Fsp3) is 0.667. The van der Waals surface area contributed by atoms with Gasteiger partial charge in [0.15, 0.2) is 0 Å². The van der Waals surface area contributed by atoms with E-state index in [0.29, 0.717) is 6.54 Å². The summed E-state index contributed by atoms with van der Waals surface area (Å²) in [6.07, 6.45) is 4.94. The van der Waals surface area contributed by atoms with Crippen LogP contribution in [-0.4, -0.2) is 17.6 Å². The Balaban J connectivity index is 1.79. The molecule has 0 aliphatic heterocycles. The maximum absolute atomic E-state index is 11.2. The number of aliphatic carboxylic acids is 1. The molecule has 4 heteroatoms. The minimum atomic E-state index is -0.641. The summed E-state index contributed by atoms with van der Waals surface area (Å²) < 4.78 is 5.62. The lowest BCUT2D eigenvalue weighted by Crippen LogP contribution is -2.34. The topological polar surface area (TPSA) is 62.5 Å². The Hall–Kier alpha value is -1.29. The van der Waals surface area contributed by atoms with Crippen LogP contribution in [0.2, 0.25) is 0 Å². The quantitative estimate of drug-likeness (QED) is 0.830. The van der Waals surface area contributed by atoms with Gasteiger partial charge >= 0.3 is 5.97 Å². The Morgan fingerprint density at radius 1 is 1.37 bits per heavy atom. The van der Waals surface area contributed by atoms with Crippen molar-refractivity contribution in [3.05, 3.63) is 23.7 Å². The van der Waals surface area contributed by atoms with E-state index in [-0.39, 0.29) is 11.8 Å². The van der Waals surface area contributed by atoms with Crippen molar-refractivity contribution in [1.29, 1.82) is 0 Å². The molecule has 1 aromatic rings. The molecule has 1 aliphatic carbocycles. The SMILES string of the molecule is CCc1ccc(CNCC2CCCCC2C(=O)O)o1. The summed E-state index contributed by atoms with van der Waals surface area (Å²) in [6.45, 7) is 3.51. The molecule has 2 rings (SSSR count). The first-order valence-electron chi connectivity index (χ1n) is 7.21. The van der Waals surface area contributed by atoms with Gasteiger partial charge < -0.3 is 14.8 Å². The Morgan fingerprint density at radius 3 is 2.79 bits per heavy atom. The fourth-order valence-electron chi connectivity index (χ4n) is 2.87. The summed E-state index contributed by atoms with van der Waals surface area (Å²) in [7, 11) is 0. The predicted octanol–water partition coefficient (Wildman–Crippen LogP) is 2.82. The number of carboxylic acid groups (broad SMARTS) is 1. The van der Waals surface area contributed by atoms with Crippen LogP contribution in [-0.2, 0) is 17.8 Å². The number of hydrogen-bond acceptors (Lipinski definition) is 3. The third kappa shape index (κ3) is 3.83. The summed E-state index contributed by atoms with van der Waals surface area (Å²) in [4.78, 5) is 11.2. The summed E-state index contributed by atoms with van der Waals surface area (Å²) in [5, 5.41) is 12.6. The van der Waals surface area contributed by atoms with Crippen molar-refractivity contribution in [1.82, 2.24) is 5.32 Å². The first-order chi connectivity index (χ1) is 9.20. The van der Waals surface area contributed by atoms with Crippen LogP contribution in [0, 0.1) is 11.8 Å². The zero-order valence-electron chi connectivity index (χ0n) is 11.5. The highest BCUT2D eigenvalue weighted by Crippen LogP contribution is 2.29. The second-order valence-corrected chi connectivity index (χ2v) is 5.34. The van der Waals surface area contributed by atoms with Gasteiger partial charge in [-0.15, -0.1) is 0 Å². The van der Waals surface area contributed by atoms with Crippen molar-refractivity contribution < 1.29 is 14.3 Å². The van der Waals surface area contributed by atoms with Gasteiger partial charge in [0.05, 0.1) is 12.5 Å². The van der Waals surface area contributed by atoms with Gasteiger partial charge in [-0.05, 0) is 37.4 Å². The Morgan fingerprint density at radius 2 is 2.11 bits per heavy atom. The number of furan rings is 1. The molecular weight excluding hydrogens is 242 g/mol. The summed E-state index contributed by atoms with van der Waals surface area (Å²) >= 11 is 0. The van der Waals surface area contributed by atoms with E-state index in [9.17, 15) is 9.90 Å². The van der Waals surface area contributed by atoms with Crippen LogP contribution in [0.1, 0.15) is 44.1 Å². The van der Waals surface area contributed by atoms with Gasteiger partial charge in [-0.2, -0.15) is 0 Å². The smallest absolute Gasteiger partial charge is 0.306 e. The molecule has 2 N–H and O–H groups in total. The number of nitrogens with one attached hydrogen (secondary N) is 1. The van der Waals surface area contributed by atoms with E-state index < -0.39 is 5.97 Å². The van der Waals surface area contributed by atoms with E-state index in [1.165, 1.54) is 0 Å². The van der Waals surface area contributed by atoms with Crippen LogP contribution in [0.3, 0.4) is 0 Å². The Kier molecular flexibility index (Phi) is 5.02. The highest BCUT2D eigenvalue weighted by Gasteiger charge is 2.30. The molecule has 1 saturated carbocycles. The average Bonchev–Trinajstić information content (AvgIpc) is 2.87. The van der Waals surface area contributed by atoms with Crippen LogP contribution in [0.25, 0.3) is 0 Å². The lowest BCUT2D eigenvalue weighted by Gasteiger charge is -2.28. The summed E-state index contributed by atoms with van der Waals surface area (Å²) in [6, 6.07) is 3.99. The molecule has 4 nitrogen and oxygen atoms in total. The van der Waals surface area contributed by atoms with Gasteiger partial charge in [-0.25, -0.2) is 0 Å². The van der Waals surface area contributed by atoms with Crippen molar-refractivity contribution in [2.75, 3.05) is 6.54 Å². The standard InChI is InChI=1S/C15H23NO3/c1-2-12-7-8-13(19-12)10-16-9-11-5-3-4-6-14(11)15(17)18/h7-8,11,14,16H,2-6,9-10H2,1H3,(H,17,18). The largest absolute Gasteiger partial charge is 0.481 e. The van der Waals surface area contributed by atoms with Crippen molar-refractivity contribution in [2.24, 2.45) is 11.8 Å². The van der Waals surface area contributed by atoms with Crippen molar-refractivity contribution in [3.8, 4) is 0 Å². The third-order valence-electron chi connectivity index (χ3n) is 4.00. The van der Waals surface area contributed by atoms with Gasteiger partial charge in [0, 0.05) is 6.42 Å². The van der Waals surface area contributed by atoms with Crippen molar-refractivity contribution in [2.45, 2.75) is 45.6 Å². The minimum Gasteiger partial charge on any atom is -0.481 e. The second kappa shape index (κ2) is 6.75. The monoisotopic (exact) mass is 265 g/mol. The molecule has 2 atom stereocenters. The molecule has 1 heterocycles. The lowest BCUT2D eigenvalue weighted by atomic mass is 9.79. The lowest BCUT2D eigenvalue weighted by molar-refractivity contribution is -0.144. The number of carboxylic acids is 1. The molecule has 1 fully saturated rings. The van der Waals surface area contributed by atoms with Crippen LogP contribution >= 0.6 is 0 Å². The van der Waals surface area contributed by atoms with Crippen molar-refractivity contribution in [3.63, 3.8) is 0 Å². The molecule has 0 aromatic carbocycles. The molecular formula is C15H23NO3. The summed E-state index contributed by atoms with van der Waals surface area (Å²) in [5.41, 5.74) is 0. The molecule has 0 amide bonds. The van der Waals surface area contributed by atoms with Crippen molar-refractivity contribution >= 4 is 5.97 Å². The van der Waals surface area contributed by atoms with E-state index in [0.717, 1.165) is 50.2 Å². The van der Waals surface area contributed by atoms with E-state index in [1.54, 1.807) is 0 Å². The maximum Gasteiger partial charge on any atom is 0.306 e.